The fourth-order valence-corrected chi connectivity index (χ4v) is 1.51. The molecule has 0 bridgehead atoms. The summed E-state index contributed by atoms with van der Waals surface area (Å²) in [5.41, 5.74) is -0.0168. The van der Waals surface area contributed by atoms with Gasteiger partial charge in [-0.25, -0.2) is 4.79 Å². The number of phenolic OH excluding ortho intramolecular Hbond substituents is 1. The third-order valence-electron chi connectivity index (χ3n) is 1.27. The molecular formula is C7H4BrClO3. The molecule has 0 spiro atoms. The normalized spacial score (nSPS) is 9.83. The minimum atomic E-state index is -1.12. The highest BCUT2D eigenvalue weighted by Gasteiger charge is 2.11. The Morgan fingerprint density at radius 1 is 1.50 bits per heavy atom. The minimum Gasteiger partial charge on any atom is -0.506 e. The fourth-order valence-electron chi connectivity index (χ4n) is 0.701. The van der Waals surface area contributed by atoms with Crippen LogP contribution in [0, 0.1) is 0 Å². The molecule has 0 heterocycles. The second kappa shape index (κ2) is 3.33. The van der Waals surface area contributed by atoms with E-state index in [1.54, 1.807) is 0 Å². The van der Waals surface area contributed by atoms with Gasteiger partial charge in [-0.2, -0.15) is 0 Å². The molecule has 0 amide bonds. The molecule has 1 aromatic carbocycles. The molecule has 12 heavy (non-hydrogen) atoms. The molecule has 0 saturated heterocycles. The zero-order valence-corrected chi connectivity index (χ0v) is 8.06. The molecular weight excluding hydrogens is 247 g/mol. The van der Waals surface area contributed by atoms with E-state index >= 15 is 0 Å². The minimum absolute atomic E-state index is 0.0168. The Hall–Kier alpha value is -0.740. The van der Waals surface area contributed by atoms with Gasteiger partial charge < -0.3 is 10.2 Å². The van der Waals surface area contributed by atoms with E-state index in [1.807, 2.05) is 0 Å². The van der Waals surface area contributed by atoms with E-state index in [-0.39, 0.29) is 16.3 Å². The Kier molecular flexibility index (Phi) is 2.59. The molecule has 0 aliphatic heterocycles. The monoisotopic (exact) mass is 250 g/mol. The van der Waals surface area contributed by atoms with Crippen molar-refractivity contribution in [3.05, 3.63) is 27.2 Å². The second-order valence-electron chi connectivity index (χ2n) is 2.09. The Morgan fingerprint density at radius 2 is 2.08 bits per heavy atom. The molecule has 0 fully saturated rings. The van der Waals surface area contributed by atoms with Gasteiger partial charge in [0, 0.05) is 4.47 Å². The summed E-state index contributed by atoms with van der Waals surface area (Å²) in [6.07, 6.45) is 0. The third-order valence-corrected chi connectivity index (χ3v) is 2.23. The number of carboxylic acids is 1. The lowest BCUT2D eigenvalue weighted by molar-refractivity contribution is 0.0695. The van der Waals surface area contributed by atoms with Crippen molar-refractivity contribution in [1.29, 1.82) is 0 Å². The van der Waals surface area contributed by atoms with E-state index in [4.69, 9.17) is 21.8 Å². The molecule has 0 aliphatic carbocycles. The first kappa shape index (κ1) is 9.35. The van der Waals surface area contributed by atoms with Crippen molar-refractivity contribution in [1.82, 2.24) is 0 Å². The van der Waals surface area contributed by atoms with E-state index in [1.165, 1.54) is 6.07 Å². The molecule has 0 atom stereocenters. The van der Waals surface area contributed by atoms with Gasteiger partial charge in [-0.1, -0.05) is 11.6 Å². The van der Waals surface area contributed by atoms with E-state index in [2.05, 4.69) is 15.9 Å². The van der Waals surface area contributed by atoms with Crippen LogP contribution in [0.25, 0.3) is 0 Å². The maximum absolute atomic E-state index is 10.5. The zero-order chi connectivity index (χ0) is 9.30. The lowest BCUT2D eigenvalue weighted by Gasteiger charge is -2.01. The molecule has 0 aliphatic rings. The number of benzene rings is 1. The van der Waals surface area contributed by atoms with Crippen LogP contribution in [0.15, 0.2) is 16.6 Å². The fraction of sp³-hybridized carbons (Fsp3) is 0. The zero-order valence-electron chi connectivity index (χ0n) is 5.71. The Bertz CT molecular complexity index is 338. The van der Waals surface area contributed by atoms with Crippen molar-refractivity contribution >= 4 is 33.5 Å². The topological polar surface area (TPSA) is 57.5 Å². The number of phenols is 1. The van der Waals surface area contributed by atoms with Gasteiger partial charge in [0.05, 0.1) is 10.6 Å². The van der Waals surface area contributed by atoms with Gasteiger partial charge in [-0.3, -0.25) is 0 Å². The molecule has 5 heteroatoms. The molecule has 0 radical (unpaired) electrons. The third kappa shape index (κ3) is 1.70. The number of hydrogen-bond acceptors (Lipinski definition) is 2. The van der Waals surface area contributed by atoms with Crippen LogP contribution >= 0.6 is 27.5 Å². The van der Waals surface area contributed by atoms with Gasteiger partial charge >= 0.3 is 5.97 Å². The van der Waals surface area contributed by atoms with E-state index < -0.39 is 5.97 Å². The summed E-state index contributed by atoms with van der Waals surface area (Å²) in [7, 11) is 0. The van der Waals surface area contributed by atoms with Crippen molar-refractivity contribution < 1.29 is 15.0 Å². The first-order valence-corrected chi connectivity index (χ1v) is 4.10. The highest BCUT2D eigenvalue weighted by atomic mass is 79.9. The summed E-state index contributed by atoms with van der Waals surface area (Å²) in [6.45, 7) is 0. The molecule has 0 aromatic heterocycles. The Balaban J connectivity index is 3.33. The van der Waals surface area contributed by atoms with Gasteiger partial charge in [0.2, 0.25) is 0 Å². The largest absolute Gasteiger partial charge is 0.506 e. The van der Waals surface area contributed by atoms with Gasteiger partial charge in [0.15, 0.2) is 0 Å². The summed E-state index contributed by atoms with van der Waals surface area (Å²) in [5, 5.41) is 17.8. The van der Waals surface area contributed by atoms with Crippen LogP contribution in [-0.4, -0.2) is 16.2 Å². The predicted octanol–water partition coefficient (Wildman–Crippen LogP) is 2.51. The van der Waals surface area contributed by atoms with Crippen LogP contribution in [0.5, 0.6) is 5.75 Å². The van der Waals surface area contributed by atoms with Crippen LogP contribution in [0.4, 0.5) is 0 Å². The predicted molar refractivity (Wildman–Crippen MR) is 47.8 cm³/mol. The number of carboxylic acid groups (broad SMARTS) is 1. The van der Waals surface area contributed by atoms with E-state index in [9.17, 15) is 4.79 Å². The van der Waals surface area contributed by atoms with Crippen LogP contribution in [0.3, 0.4) is 0 Å². The van der Waals surface area contributed by atoms with Crippen molar-refractivity contribution in [2.24, 2.45) is 0 Å². The first-order valence-electron chi connectivity index (χ1n) is 2.93. The van der Waals surface area contributed by atoms with Crippen LogP contribution in [0.2, 0.25) is 5.02 Å². The molecule has 0 saturated carbocycles. The first-order chi connectivity index (χ1) is 5.52. The number of aromatic hydroxyl groups is 1. The van der Waals surface area contributed by atoms with E-state index in [0.717, 1.165) is 6.07 Å². The average Bonchev–Trinajstić information content (AvgIpc) is 1.96. The summed E-state index contributed by atoms with van der Waals surface area (Å²) in [5.74, 6) is -1.36. The summed E-state index contributed by atoms with van der Waals surface area (Å²) >= 11 is 8.52. The molecule has 3 nitrogen and oxygen atoms in total. The highest BCUT2D eigenvalue weighted by molar-refractivity contribution is 9.10. The van der Waals surface area contributed by atoms with Crippen LogP contribution < -0.4 is 0 Å². The number of rotatable bonds is 1. The highest BCUT2D eigenvalue weighted by Crippen LogP contribution is 2.29. The lowest BCUT2D eigenvalue weighted by Crippen LogP contribution is -1.97. The van der Waals surface area contributed by atoms with Crippen LogP contribution in [-0.2, 0) is 0 Å². The smallest absolute Gasteiger partial charge is 0.336 e. The van der Waals surface area contributed by atoms with Crippen molar-refractivity contribution in [3.8, 4) is 5.75 Å². The quantitative estimate of drug-likeness (QED) is 0.806. The van der Waals surface area contributed by atoms with Crippen molar-refractivity contribution in [3.63, 3.8) is 0 Å². The molecule has 1 rings (SSSR count). The van der Waals surface area contributed by atoms with Gasteiger partial charge in [0.25, 0.3) is 0 Å². The van der Waals surface area contributed by atoms with Crippen LogP contribution in [0.1, 0.15) is 10.4 Å². The van der Waals surface area contributed by atoms with Crippen molar-refractivity contribution in [2.45, 2.75) is 0 Å². The molecule has 2 N–H and O–H groups in total. The van der Waals surface area contributed by atoms with Gasteiger partial charge in [-0.15, -0.1) is 0 Å². The van der Waals surface area contributed by atoms with E-state index in [0.29, 0.717) is 4.47 Å². The maximum Gasteiger partial charge on any atom is 0.336 e. The summed E-state index contributed by atoms with van der Waals surface area (Å²) in [4.78, 5) is 10.5. The molecule has 0 unspecified atom stereocenters. The maximum atomic E-state index is 10.5. The number of hydrogen-bond donors (Lipinski definition) is 2. The van der Waals surface area contributed by atoms with Gasteiger partial charge in [0.1, 0.15) is 5.75 Å². The lowest BCUT2D eigenvalue weighted by atomic mass is 10.2. The average molecular weight is 251 g/mol. The number of aromatic carboxylic acids is 1. The Morgan fingerprint density at radius 3 is 2.58 bits per heavy atom. The van der Waals surface area contributed by atoms with Crippen molar-refractivity contribution in [2.75, 3.05) is 0 Å². The SMILES string of the molecule is O=C(O)c1cc(O)c(Cl)cc1Br. The number of halogens is 2. The standard InChI is InChI=1S/C7H4BrClO3/c8-4-2-5(9)6(10)1-3(4)7(11)12/h1-2,10H,(H,11,12). The summed E-state index contributed by atoms with van der Waals surface area (Å²) < 4.78 is 0.345. The molecule has 1 aromatic rings. The van der Waals surface area contributed by atoms with Gasteiger partial charge in [-0.05, 0) is 28.1 Å². The number of carbonyl (C=O) groups is 1. The summed E-state index contributed by atoms with van der Waals surface area (Å²) in [6, 6.07) is 2.43. The second-order valence-corrected chi connectivity index (χ2v) is 3.35. The molecule has 64 valence electrons. The Labute approximate surface area is 81.7 Å².